The fraction of sp³-hybridized carbons (Fsp3) is 0.286. The van der Waals surface area contributed by atoms with Gasteiger partial charge in [0.1, 0.15) is 0 Å². The van der Waals surface area contributed by atoms with Gasteiger partial charge in [-0.15, -0.1) is 0 Å². The Balaban J connectivity index is 2.51. The van der Waals surface area contributed by atoms with Crippen molar-refractivity contribution in [3.63, 3.8) is 0 Å². The number of nitrogens with one attached hydrogen (secondary N) is 1. The zero-order chi connectivity index (χ0) is 14.7. The third-order valence-corrected chi connectivity index (χ3v) is 3.01. The zero-order valence-electron chi connectivity index (χ0n) is 11.6. The number of H-pyrrole nitrogens is 1. The molecule has 0 radical (unpaired) electrons. The van der Waals surface area contributed by atoms with Crippen LogP contribution in [0.15, 0.2) is 18.2 Å². The van der Waals surface area contributed by atoms with Crippen molar-refractivity contribution in [3.05, 3.63) is 29.6 Å². The molecule has 0 bridgehead atoms. The van der Waals surface area contributed by atoms with E-state index >= 15 is 0 Å². The van der Waals surface area contributed by atoms with Crippen LogP contribution in [-0.4, -0.2) is 35.5 Å². The first-order valence-corrected chi connectivity index (χ1v) is 6.04. The highest BCUT2D eigenvalue weighted by Gasteiger charge is 2.16. The third kappa shape index (κ3) is 2.59. The molecule has 2 rings (SSSR count). The lowest BCUT2D eigenvalue weighted by Gasteiger charge is -2.10. The van der Waals surface area contributed by atoms with Gasteiger partial charge in [0.15, 0.2) is 11.5 Å². The molecule has 1 aromatic carbocycles. The molecule has 106 valence electrons. The summed E-state index contributed by atoms with van der Waals surface area (Å²) < 4.78 is 10.5. The van der Waals surface area contributed by atoms with Crippen LogP contribution in [0.25, 0.3) is 11.1 Å². The van der Waals surface area contributed by atoms with E-state index in [4.69, 9.17) is 14.6 Å². The minimum absolute atomic E-state index is 0.131. The number of hydrogen-bond acceptors (Lipinski definition) is 4. The summed E-state index contributed by atoms with van der Waals surface area (Å²) in [7, 11) is 3.12. The van der Waals surface area contributed by atoms with Crippen molar-refractivity contribution < 1.29 is 19.4 Å². The highest BCUT2D eigenvalue weighted by atomic mass is 16.5. The highest BCUT2D eigenvalue weighted by molar-refractivity contribution is 5.77. The van der Waals surface area contributed by atoms with Gasteiger partial charge in [-0.1, -0.05) is 6.07 Å². The Kier molecular flexibility index (Phi) is 3.93. The first-order valence-electron chi connectivity index (χ1n) is 6.04. The number of carboxylic acid groups (broad SMARTS) is 1. The number of ether oxygens (including phenoxy) is 2. The number of aliphatic carboxylic acids is 1. The summed E-state index contributed by atoms with van der Waals surface area (Å²) in [6.07, 6.45) is -0.131. The maximum atomic E-state index is 10.9. The Bertz CT molecular complexity index is 634. The van der Waals surface area contributed by atoms with E-state index in [0.29, 0.717) is 17.2 Å². The van der Waals surface area contributed by atoms with E-state index in [9.17, 15) is 4.79 Å². The summed E-state index contributed by atoms with van der Waals surface area (Å²) in [4.78, 5) is 10.9. The summed E-state index contributed by atoms with van der Waals surface area (Å²) in [6, 6.07) is 5.44. The Morgan fingerprint density at radius 1 is 1.30 bits per heavy atom. The molecule has 0 atom stereocenters. The molecule has 0 unspecified atom stereocenters. The lowest BCUT2D eigenvalue weighted by molar-refractivity contribution is -0.136. The van der Waals surface area contributed by atoms with Crippen LogP contribution in [0.4, 0.5) is 0 Å². The Labute approximate surface area is 116 Å². The molecule has 0 saturated carbocycles. The number of carboxylic acids is 1. The number of benzene rings is 1. The second-order valence-electron chi connectivity index (χ2n) is 4.31. The maximum absolute atomic E-state index is 10.9. The van der Waals surface area contributed by atoms with Gasteiger partial charge in [0.05, 0.1) is 26.3 Å². The standard InChI is InChI=1S/C14H16N2O4/c1-8-14(10(16-15-8)7-13(17)18)9-4-5-11(19-2)12(6-9)20-3/h4-6H,7H2,1-3H3,(H,15,16)(H,17,18). The molecular formula is C14H16N2O4. The maximum Gasteiger partial charge on any atom is 0.309 e. The summed E-state index contributed by atoms with van der Waals surface area (Å²) in [5, 5.41) is 15.8. The molecule has 0 aliphatic carbocycles. The molecule has 0 amide bonds. The molecule has 0 spiro atoms. The van der Waals surface area contributed by atoms with Crippen molar-refractivity contribution >= 4 is 5.97 Å². The number of hydrogen-bond donors (Lipinski definition) is 2. The molecule has 20 heavy (non-hydrogen) atoms. The first kappa shape index (κ1) is 13.9. The summed E-state index contributed by atoms with van der Waals surface area (Å²) in [6.45, 7) is 1.85. The van der Waals surface area contributed by atoms with Gasteiger partial charge < -0.3 is 14.6 Å². The topological polar surface area (TPSA) is 84.4 Å². The fourth-order valence-electron chi connectivity index (χ4n) is 2.13. The van der Waals surface area contributed by atoms with E-state index in [2.05, 4.69) is 10.2 Å². The predicted octanol–water partition coefficient (Wildman–Crippen LogP) is 2.03. The lowest BCUT2D eigenvalue weighted by Crippen LogP contribution is -2.02. The normalized spacial score (nSPS) is 10.3. The Hall–Kier alpha value is -2.50. The molecule has 2 aromatic rings. The number of carbonyl (C=O) groups is 1. The molecule has 6 heteroatoms. The van der Waals surface area contributed by atoms with Gasteiger partial charge in [-0.25, -0.2) is 0 Å². The van der Waals surface area contributed by atoms with Gasteiger partial charge >= 0.3 is 5.97 Å². The molecule has 0 saturated heterocycles. The van der Waals surface area contributed by atoms with E-state index in [1.54, 1.807) is 20.3 Å². The molecular weight excluding hydrogens is 260 g/mol. The quantitative estimate of drug-likeness (QED) is 0.872. The lowest BCUT2D eigenvalue weighted by atomic mass is 10.0. The van der Waals surface area contributed by atoms with Crippen LogP contribution in [0.5, 0.6) is 11.5 Å². The van der Waals surface area contributed by atoms with E-state index in [1.165, 1.54) is 0 Å². The van der Waals surface area contributed by atoms with Crippen molar-refractivity contribution in [3.8, 4) is 22.6 Å². The van der Waals surface area contributed by atoms with Crippen molar-refractivity contribution in [2.45, 2.75) is 13.3 Å². The minimum Gasteiger partial charge on any atom is -0.493 e. The average Bonchev–Trinajstić information content (AvgIpc) is 2.78. The average molecular weight is 276 g/mol. The number of rotatable bonds is 5. The van der Waals surface area contributed by atoms with Crippen molar-refractivity contribution in [1.82, 2.24) is 10.2 Å². The molecule has 2 N–H and O–H groups in total. The van der Waals surface area contributed by atoms with E-state index < -0.39 is 5.97 Å². The number of methoxy groups -OCH3 is 2. The number of aromatic amines is 1. The highest BCUT2D eigenvalue weighted by Crippen LogP contribution is 2.34. The minimum atomic E-state index is -0.918. The molecule has 1 heterocycles. The van der Waals surface area contributed by atoms with Gasteiger partial charge in [0, 0.05) is 11.3 Å². The van der Waals surface area contributed by atoms with E-state index in [-0.39, 0.29) is 6.42 Å². The fourth-order valence-corrected chi connectivity index (χ4v) is 2.13. The smallest absolute Gasteiger partial charge is 0.309 e. The summed E-state index contributed by atoms with van der Waals surface area (Å²) in [5.41, 5.74) is 2.94. The molecule has 6 nitrogen and oxygen atoms in total. The van der Waals surface area contributed by atoms with Crippen LogP contribution in [0.2, 0.25) is 0 Å². The number of aromatic nitrogens is 2. The molecule has 0 aliphatic heterocycles. The van der Waals surface area contributed by atoms with Gasteiger partial charge in [0.25, 0.3) is 0 Å². The predicted molar refractivity (Wildman–Crippen MR) is 73.2 cm³/mol. The van der Waals surface area contributed by atoms with Gasteiger partial charge in [0.2, 0.25) is 0 Å². The third-order valence-electron chi connectivity index (χ3n) is 3.01. The van der Waals surface area contributed by atoms with E-state index in [0.717, 1.165) is 16.8 Å². The van der Waals surface area contributed by atoms with Crippen LogP contribution in [0.3, 0.4) is 0 Å². The Morgan fingerprint density at radius 2 is 2.00 bits per heavy atom. The number of nitrogens with zero attached hydrogens (tertiary/aromatic N) is 1. The van der Waals surface area contributed by atoms with Crippen LogP contribution in [0.1, 0.15) is 11.4 Å². The van der Waals surface area contributed by atoms with Gasteiger partial charge in [-0.3, -0.25) is 9.89 Å². The zero-order valence-corrected chi connectivity index (χ0v) is 11.6. The van der Waals surface area contributed by atoms with Crippen molar-refractivity contribution in [2.24, 2.45) is 0 Å². The summed E-state index contributed by atoms with van der Waals surface area (Å²) in [5.74, 6) is 0.294. The van der Waals surface area contributed by atoms with Gasteiger partial charge in [-0.05, 0) is 24.6 Å². The summed E-state index contributed by atoms with van der Waals surface area (Å²) >= 11 is 0. The molecule has 0 aliphatic rings. The van der Waals surface area contributed by atoms with Crippen LogP contribution in [0, 0.1) is 6.92 Å². The second kappa shape index (κ2) is 5.64. The largest absolute Gasteiger partial charge is 0.493 e. The van der Waals surface area contributed by atoms with Crippen LogP contribution in [-0.2, 0) is 11.2 Å². The number of aryl methyl sites for hydroxylation is 1. The van der Waals surface area contributed by atoms with Crippen molar-refractivity contribution in [2.75, 3.05) is 14.2 Å². The Morgan fingerprint density at radius 3 is 2.60 bits per heavy atom. The second-order valence-corrected chi connectivity index (χ2v) is 4.31. The van der Waals surface area contributed by atoms with E-state index in [1.807, 2.05) is 19.1 Å². The molecule has 0 fully saturated rings. The van der Waals surface area contributed by atoms with Gasteiger partial charge in [-0.2, -0.15) is 5.10 Å². The molecule has 1 aromatic heterocycles. The van der Waals surface area contributed by atoms with Crippen LogP contribution < -0.4 is 9.47 Å². The monoisotopic (exact) mass is 276 g/mol. The first-order chi connectivity index (χ1) is 9.56. The SMILES string of the molecule is COc1ccc(-c2c(CC(=O)O)n[nH]c2C)cc1OC. The van der Waals surface area contributed by atoms with Crippen LogP contribution >= 0.6 is 0 Å². The van der Waals surface area contributed by atoms with Crippen molar-refractivity contribution in [1.29, 1.82) is 0 Å².